The molecule has 7 heteroatoms. The van der Waals surface area contributed by atoms with Gasteiger partial charge in [0.1, 0.15) is 17.5 Å². The SMILES string of the molecule is C#CCC(C)NS(=O)(=O)c1c(F)cc(F)cc1F. The van der Waals surface area contributed by atoms with Crippen molar-refractivity contribution in [3.63, 3.8) is 0 Å². The average molecular weight is 277 g/mol. The lowest BCUT2D eigenvalue weighted by atomic mass is 10.3. The predicted molar refractivity (Wildman–Crippen MR) is 59.5 cm³/mol. The first kappa shape index (κ1) is 14.5. The van der Waals surface area contributed by atoms with Crippen LogP contribution in [0.3, 0.4) is 0 Å². The van der Waals surface area contributed by atoms with E-state index in [2.05, 4.69) is 5.92 Å². The van der Waals surface area contributed by atoms with E-state index in [0.717, 1.165) is 0 Å². The van der Waals surface area contributed by atoms with E-state index >= 15 is 0 Å². The van der Waals surface area contributed by atoms with Crippen molar-refractivity contribution in [1.82, 2.24) is 4.72 Å². The van der Waals surface area contributed by atoms with E-state index in [1.165, 1.54) is 6.92 Å². The second kappa shape index (κ2) is 5.42. The molecule has 0 bridgehead atoms. The fraction of sp³-hybridized carbons (Fsp3) is 0.273. The van der Waals surface area contributed by atoms with Crippen LogP contribution in [0.25, 0.3) is 0 Å². The van der Waals surface area contributed by atoms with Gasteiger partial charge in [-0.3, -0.25) is 0 Å². The van der Waals surface area contributed by atoms with E-state index in [1.807, 2.05) is 4.72 Å². The summed E-state index contributed by atoms with van der Waals surface area (Å²) in [5, 5.41) is 0. The maximum Gasteiger partial charge on any atom is 0.246 e. The molecule has 0 fully saturated rings. The molecule has 0 saturated carbocycles. The van der Waals surface area contributed by atoms with E-state index in [-0.39, 0.29) is 6.42 Å². The Morgan fingerprint density at radius 3 is 2.28 bits per heavy atom. The van der Waals surface area contributed by atoms with Crippen molar-refractivity contribution in [3.8, 4) is 12.3 Å². The van der Waals surface area contributed by atoms with Crippen LogP contribution in [0, 0.1) is 29.8 Å². The minimum atomic E-state index is -4.42. The molecule has 0 saturated heterocycles. The lowest BCUT2D eigenvalue weighted by Gasteiger charge is -2.12. The van der Waals surface area contributed by atoms with Crippen LogP contribution >= 0.6 is 0 Å². The van der Waals surface area contributed by atoms with Crippen LogP contribution in [-0.4, -0.2) is 14.5 Å². The number of halogens is 3. The summed E-state index contributed by atoms with van der Waals surface area (Å²) in [5.74, 6) is -1.97. The number of nitrogens with one attached hydrogen (secondary N) is 1. The Labute approximate surface area is 103 Å². The van der Waals surface area contributed by atoms with Crippen LogP contribution in [0.15, 0.2) is 17.0 Å². The van der Waals surface area contributed by atoms with Crippen LogP contribution in [0.2, 0.25) is 0 Å². The Hall–Kier alpha value is -1.52. The first-order valence-electron chi connectivity index (χ1n) is 4.88. The summed E-state index contributed by atoms with van der Waals surface area (Å²) in [5.41, 5.74) is 0. The number of benzene rings is 1. The molecule has 3 nitrogen and oxygen atoms in total. The highest BCUT2D eigenvalue weighted by Crippen LogP contribution is 2.20. The number of hydrogen-bond donors (Lipinski definition) is 1. The fourth-order valence-electron chi connectivity index (χ4n) is 1.33. The molecule has 1 rings (SSSR count). The van der Waals surface area contributed by atoms with Crippen molar-refractivity contribution >= 4 is 10.0 Å². The van der Waals surface area contributed by atoms with E-state index in [1.54, 1.807) is 0 Å². The van der Waals surface area contributed by atoms with E-state index < -0.39 is 38.4 Å². The van der Waals surface area contributed by atoms with Gasteiger partial charge in [-0.05, 0) is 6.92 Å². The van der Waals surface area contributed by atoms with E-state index in [0.29, 0.717) is 12.1 Å². The van der Waals surface area contributed by atoms with Gasteiger partial charge in [-0.15, -0.1) is 12.3 Å². The highest BCUT2D eigenvalue weighted by molar-refractivity contribution is 7.89. The highest BCUT2D eigenvalue weighted by Gasteiger charge is 2.26. The zero-order chi connectivity index (χ0) is 13.9. The monoisotopic (exact) mass is 277 g/mol. The Kier molecular flexibility index (Phi) is 4.38. The van der Waals surface area contributed by atoms with Crippen molar-refractivity contribution in [2.45, 2.75) is 24.3 Å². The number of terminal acetylenes is 1. The summed E-state index contributed by atoms with van der Waals surface area (Å²) < 4.78 is 64.6. The van der Waals surface area contributed by atoms with Crippen molar-refractivity contribution in [3.05, 3.63) is 29.6 Å². The lowest BCUT2D eigenvalue weighted by Crippen LogP contribution is -2.33. The Morgan fingerprint density at radius 1 is 1.33 bits per heavy atom. The summed E-state index contributed by atoms with van der Waals surface area (Å²) in [7, 11) is -4.42. The van der Waals surface area contributed by atoms with Crippen LogP contribution in [0.1, 0.15) is 13.3 Å². The molecular formula is C11H10F3NO2S. The molecule has 0 heterocycles. The van der Waals surface area contributed by atoms with E-state index in [9.17, 15) is 21.6 Å². The van der Waals surface area contributed by atoms with Gasteiger partial charge in [0.15, 0.2) is 4.90 Å². The minimum absolute atomic E-state index is 0.0592. The molecular weight excluding hydrogens is 267 g/mol. The number of hydrogen-bond acceptors (Lipinski definition) is 2. The summed E-state index contributed by atoms with van der Waals surface area (Å²) in [6.45, 7) is 1.44. The van der Waals surface area contributed by atoms with Gasteiger partial charge >= 0.3 is 0 Å². The number of rotatable bonds is 4. The molecule has 0 aliphatic heterocycles. The summed E-state index contributed by atoms with van der Waals surface area (Å²) in [6.07, 6.45) is 5.04. The molecule has 98 valence electrons. The first-order valence-corrected chi connectivity index (χ1v) is 6.36. The summed E-state index contributed by atoms with van der Waals surface area (Å²) >= 11 is 0. The van der Waals surface area contributed by atoms with Crippen LogP contribution in [0.4, 0.5) is 13.2 Å². The zero-order valence-corrected chi connectivity index (χ0v) is 10.2. The Balaban J connectivity index is 3.18. The molecule has 0 aliphatic rings. The Bertz CT molecular complexity index is 570. The van der Waals surface area contributed by atoms with Gasteiger partial charge < -0.3 is 0 Å². The molecule has 0 spiro atoms. The molecule has 1 atom stereocenters. The second-order valence-electron chi connectivity index (χ2n) is 3.63. The van der Waals surface area contributed by atoms with Gasteiger partial charge in [0, 0.05) is 24.6 Å². The van der Waals surface area contributed by atoms with Crippen molar-refractivity contribution < 1.29 is 21.6 Å². The first-order chi connectivity index (χ1) is 8.27. The van der Waals surface area contributed by atoms with Gasteiger partial charge in [-0.25, -0.2) is 26.3 Å². The summed E-state index contributed by atoms with van der Waals surface area (Å²) in [4.78, 5) is -1.22. The molecule has 18 heavy (non-hydrogen) atoms. The smallest absolute Gasteiger partial charge is 0.207 e. The Morgan fingerprint density at radius 2 is 1.83 bits per heavy atom. The molecule has 1 aromatic carbocycles. The molecule has 0 aromatic heterocycles. The maximum absolute atomic E-state index is 13.3. The molecule has 0 radical (unpaired) electrons. The number of sulfonamides is 1. The zero-order valence-electron chi connectivity index (χ0n) is 9.38. The van der Waals surface area contributed by atoms with Gasteiger partial charge in [0.05, 0.1) is 0 Å². The van der Waals surface area contributed by atoms with Crippen LogP contribution in [0.5, 0.6) is 0 Å². The minimum Gasteiger partial charge on any atom is -0.207 e. The van der Waals surface area contributed by atoms with Crippen molar-refractivity contribution in [2.24, 2.45) is 0 Å². The van der Waals surface area contributed by atoms with Crippen LogP contribution < -0.4 is 4.72 Å². The predicted octanol–water partition coefficient (Wildman–Crippen LogP) is 1.79. The van der Waals surface area contributed by atoms with Gasteiger partial charge in [-0.2, -0.15) is 0 Å². The quantitative estimate of drug-likeness (QED) is 0.853. The second-order valence-corrected chi connectivity index (χ2v) is 5.28. The molecule has 0 amide bonds. The molecule has 1 aromatic rings. The van der Waals surface area contributed by atoms with Crippen LogP contribution in [-0.2, 0) is 10.0 Å². The largest absolute Gasteiger partial charge is 0.246 e. The third-order valence-electron chi connectivity index (χ3n) is 2.01. The average Bonchev–Trinajstić information content (AvgIpc) is 2.13. The highest BCUT2D eigenvalue weighted by atomic mass is 32.2. The molecule has 1 N–H and O–H groups in total. The molecule has 1 unspecified atom stereocenters. The normalized spacial score (nSPS) is 13.1. The van der Waals surface area contributed by atoms with Gasteiger partial charge in [0.2, 0.25) is 10.0 Å². The third-order valence-corrected chi connectivity index (χ3v) is 3.65. The van der Waals surface area contributed by atoms with Gasteiger partial charge in [-0.1, -0.05) is 0 Å². The third kappa shape index (κ3) is 3.24. The molecule has 0 aliphatic carbocycles. The maximum atomic E-state index is 13.3. The lowest BCUT2D eigenvalue weighted by molar-refractivity contribution is 0.490. The fourth-order valence-corrected chi connectivity index (χ4v) is 2.69. The standard InChI is InChI=1S/C11H10F3NO2S/c1-3-4-7(2)15-18(16,17)11-9(13)5-8(12)6-10(11)14/h1,5-7,15H,4H2,2H3. The van der Waals surface area contributed by atoms with Gasteiger partial charge in [0.25, 0.3) is 0 Å². The van der Waals surface area contributed by atoms with Crippen molar-refractivity contribution in [1.29, 1.82) is 0 Å². The summed E-state index contributed by atoms with van der Waals surface area (Å²) in [6, 6.07) is -0.101. The van der Waals surface area contributed by atoms with E-state index in [4.69, 9.17) is 6.42 Å². The van der Waals surface area contributed by atoms with Crippen molar-refractivity contribution in [2.75, 3.05) is 0 Å². The topological polar surface area (TPSA) is 46.2 Å².